The molecule has 0 aliphatic heterocycles. The van der Waals surface area contributed by atoms with Gasteiger partial charge in [0, 0.05) is 6.42 Å². The van der Waals surface area contributed by atoms with Gasteiger partial charge in [-0.25, -0.2) is 4.79 Å². The number of aryl methyl sites for hydroxylation is 1. The molecule has 2 amide bonds. The van der Waals surface area contributed by atoms with E-state index in [0.717, 1.165) is 12.0 Å². The molecule has 6 heteroatoms. The molecule has 1 rings (SSSR count). The van der Waals surface area contributed by atoms with Crippen molar-refractivity contribution in [3.8, 4) is 0 Å². The van der Waals surface area contributed by atoms with Gasteiger partial charge in [0.2, 0.25) is 11.8 Å². The van der Waals surface area contributed by atoms with Gasteiger partial charge in [0.15, 0.2) is 0 Å². The van der Waals surface area contributed by atoms with Crippen molar-refractivity contribution in [3.63, 3.8) is 0 Å². The highest BCUT2D eigenvalue weighted by molar-refractivity contribution is 5.88. The maximum absolute atomic E-state index is 11.6. The second kappa shape index (κ2) is 7.93. The summed E-state index contributed by atoms with van der Waals surface area (Å²) in [5, 5.41) is 11.1. The Bertz CT molecular complexity index is 473. The summed E-state index contributed by atoms with van der Waals surface area (Å²) in [6, 6.07) is 8.43. The van der Waals surface area contributed by atoms with E-state index in [-0.39, 0.29) is 6.42 Å². The Balaban J connectivity index is 2.35. The van der Waals surface area contributed by atoms with Crippen molar-refractivity contribution >= 4 is 17.8 Å². The summed E-state index contributed by atoms with van der Waals surface area (Å²) in [5.41, 5.74) is 6.05. The molecule has 1 aromatic rings. The van der Waals surface area contributed by atoms with Crippen LogP contribution in [0.1, 0.15) is 24.8 Å². The normalized spacial score (nSPS) is 11.6. The second-order valence-electron chi connectivity index (χ2n) is 4.47. The lowest BCUT2D eigenvalue weighted by Gasteiger charge is -2.12. The number of hydrogen-bond donors (Lipinski definition) is 3. The number of carbonyl (C=O) groups is 3. The van der Waals surface area contributed by atoms with Gasteiger partial charge in [-0.15, -0.1) is 0 Å². The first-order valence-electron chi connectivity index (χ1n) is 6.33. The molecule has 0 spiro atoms. The lowest BCUT2D eigenvalue weighted by Crippen LogP contribution is -2.43. The Kier molecular flexibility index (Phi) is 6.22. The fourth-order valence-corrected chi connectivity index (χ4v) is 1.77. The zero-order valence-electron chi connectivity index (χ0n) is 11.0. The standard InChI is InChI=1S/C14H18N2O4/c15-12(17)9-11(14(19)20)16-13(18)8-4-7-10-5-2-1-3-6-10/h1-3,5-6,11H,4,7-9H2,(H2,15,17)(H,16,18)(H,19,20)/t11-/m1/s1. The highest BCUT2D eigenvalue weighted by atomic mass is 16.4. The van der Waals surface area contributed by atoms with E-state index in [4.69, 9.17) is 10.8 Å². The summed E-state index contributed by atoms with van der Waals surface area (Å²) in [7, 11) is 0. The van der Waals surface area contributed by atoms with Crippen LogP contribution in [0.15, 0.2) is 30.3 Å². The number of rotatable bonds is 8. The molecular formula is C14H18N2O4. The van der Waals surface area contributed by atoms with Crippen LogP contribution in [-0.4, -0.2) is 28.9 Å². The molecule has 4 N–H and O–H groups in total. The van der Waals surface area contributed by atoms with Gasteiger partial charge in [-0.3, -0.25) is 9.59 Å². The Morgan fingerprint density at radius 2 is 1.85 bits per heavy atom. The van der Waals surface area contributed by atoms with Gasteiger partial charge in [-0.1, -0.05) is 30.3 Å². The van der Waals surface area contributed by atoms with E-state index < -0.39 is 30.2 Å². The molecule has 0 aromatic heterocycles. The van der Waals surface area contributed by atoms with E-state index >= 15 is 0 Å². The summed E-state index contributed by atoms with van der Waals surface area (Å²) in [4.78, 5) is 33.1. The van der Waals surface area contributed by atoms with E-state index in [1.54, 1.807) is 0 Å². The minimum Gasteiger partial charge on any atom is -0.480 e. The lowest BCUT2D eigenvalue weighted by molar-refractivity contribution is -0.143. The molecule has 0 aliphatic rings. The van der Waals surface area contributed by atoms with Crippen LogP contribution in [0, 0.1) is 0 Å². The van der Waals surface area contributed by atoms with Crippen molar-refractivity contribution in [3.05, 3.63) is 35.9 Å². The van der Waals surface area contributed by atoms with Gasteiger partial charge < -0.3 is 16.2 Å². The van der Waals surface area contributed by atoms with E-state index in [9.17, 15) is 14.4 Å². The van der Waals surface area contributed by atoms with Crippen molar-refractivity contribution in [2.45, 2.75) is 31.7 Å². The number of hydrogen-bond acceptors (Lipinski definition) is 3. The Labute approximate surface area is 117 Å². The van der Waals surface area contributed by atoms with Crippen LogP contribution in [0.2, 0.25) is 0 Å². The Morgan fingerprint density at radius 1 is 1.20 bits per heavy atom. The maximum atomic E-state index is 11.6. The number of primary amides is 1. The molecule has 0 saturated carbocycles. The van der Waals surface area contributed by atoms with Gasteiger partial charge in [0.05, 0.1) is 6.42 Å². The molecule has 6 nitrogen and oxygen atoms in total. The third kappa shape index (κ3) is 5.99. The SMILES string of the molecule is NC(=O)C[C@@H](NC(=O)CCCc1ccccc1)C(=O)O. The van der Waals surface area contributed by atoms with Crippen LogP contribution in [-0.2, 0) is 20.8 Å². The van der Waals surface area contributed by atoms with Gasteiger partial charge in [-0.2, -0.15) is 0 Å². The fourth-order valence-electron chi connectivity index (χ4n) is 1.77. The molecule has 108 valence electrons. The minimum absolute atomic E-state index is 0.206. The molecule has 0 aliphatic carbocycles. The predicted molar refractivity (Wildman–Crippen MR) is 72.8 cm³/mol. The third-order valence-corrected chi connectivity index (χ3v) is 2.75. The molecule has 0 radical (unpaired) electrons. The van der Waals surface area contributed by atoms with Crippen LogP contribution >= 0.6 is 0 Å². The van der Waals surface area contributed by atoms with Gasteiger partial charge in [0.1, 0.15) is 6.04 Å². The van der Waals surface area contributed by atoms with E-state index in [1.165, 1.54) is 0 Å². The summed E-state index contributed by atoms with van der Waals surface area (Å²) >= 11 is 0. The van der Waals surface area contributed by atoms with Crippen LogP contribution < -0.4 is 11.1 Å². The number of carboxylic acid groups (broad SMARTS) is 1. The zero-order valence-corrected chi connectivity index (χ0v) is 11.0. The monoisotopic (exact) mass is 278 g/mol. The molecule has 0 heterocycles. The molecular weight excluding hydrogens is 260 g/mol. The van der Waals surface area contributed by atoms with Crippen LogP contribution in [0.5, 0.6) is 0 Å². The van der Waals surface area contributed by atoms with Crippen LogP contribution in [0.25, 0.3) is 0 Å². The molecule has 0 saturated heterocycles. The van der Waals surface area contributed by atoms with Crippen molar-refractivity contribution in [1.82, 2.24) is 5.32 Å². The predicted octanol–water partition coefficient (Wildman–Crippen LogP) is 0.454. The minimum atomic E-state index is -1.26. The first-order valence-corrected chi connectivity index (χ1v) is 6.33. The first kappa shape index (κ1) is 15.7. The number of nitrogens with one attached hydrogen (secondary N) is 1. The smallest absolute Gasteiger partial charge is 0.326 e. The molecule has 1 atom stereocenters. The van der Waals surface area contributed by atoms with Gasteiger partial charge in [-0.05, 0) is 18.4 Å². The first-order chi connectivity index (χ1) is 9.49. The average molecular weight is 278 g/mol. The van der Waals surface area contributed by atoms with Crippen molar-refractivity contribution < 1.29 is 19.5 Å². The van der Waals surface area contributed by atoms with E-state index in [2.05, 4.69) is 5.32 Å². The number of carboxylic acids is 1. The largest absolute Gasteiger partial charge is 0.480 e. The number of amides is 2. The number of aliphatic carboxylic acids is 1. The third-order valence-electron chi connectivity index (χ3n) is 2.75. The average Bonchev–Trinajstić information content (AvgIpc) is 2.38. The van der Waals surface area contributed by atoms with Crippen LogP contribution in [0.3, 0.4) is 0 Å². The second-order valence-corrected chi connectivity index (χ2v) is 4.47. The highest BCUT2D eigenvalue weighted by Crippen LogP contribution is 2.04. The van der Waals surface area contributed by atoms with Gasteiger partial charge in [0.25, 0.3) is 0 Å². The number of carbonyl (C=O) groups excluding carboxylic acids is 2. The van der Waals surface area contributed by atoms with E-state index in [0.29, 0.717) is 6.42 Å². The molecule has 0 unspecified atom stereocenters. The summed E-state index contributed by atoms with van der Waals surface area (Å²) < 4.78 is 0. The van der Waals surface area contributed by atoms with Crippen molar-refractivity contribution in [2.24, 2.45) is 5.73 Å². The number of nitrogens with two attached hydrogens (primary N) is 1. The fraction of sp³-hybridized carbons (Fsp3) is 0.357. The van der Waals surface area contributed by atoms with Gasteiger partial charge >= 0.3 is 5.97 Å². The summed E-state index contributed by atoms with van der Waals surface area (Å²) in [5.74, 6) is -2.42. The Hall–Kier alpha value is -2.37. The lowest BCUT2D eigenvalue weighted by atomic mass is 10.1. The quantitative estimate of drug-likeness (QED) is 0.641. The van der Waals surface area contributed by atoms with Crippen LogP contribution in [0.4, 0.5) is 0 Å². The molecule has 0 fully saturated rings. The molecule has 20 heavy (non-hydrogen) atoms. The maximum Gasteiger partial charge on any atom is 0.326 e. The summed E-state index contributed by atoms with van der Waals surface area (Å²) in [6.07, 6.45) is 1.15. The number of benzene rings is 1. The highest BCUT2D eigenvalue weighted by Gasteiger charge is 2.21. The Morgan fingerprint density at radius 3 is 2.40 bits per heavy atom. The molecule has 1 aromatic carbocycles. The topological polar surface area (TPSA) is 109 Å². The van der Waals surface area contributed by atoms with E-state index in [1.807, 2.05) is 30.3 Å². The zero-order chi connectivity index (χ0) is 15.0. The van der Waals surface area contributed by atoms with Crippen molar-refractivity contribution in [2.75, 3.05) is 0 Å². The summed E-state index contributed by atoms with van der Waals surface area (Å²) in [6.45, 7) is 0. The van der Waals surface area contributed by atoms with Crippen molar-refractivity contribution in [1.29, 1.82) is 0 Å². The molecule has 0 bridgehead atoms.